The number of hydrogen-bond acceptors (Lipinski definition) is 5. The van der Waals surface area contributed by atoms with E-state index in [0.717, 1.165) is 3.79 Å². The van der Waals surface area contributed by atoms with Crippen molar-refractivity contribution < 1.29 is 19.4 Å². The predicted molar refractivity (Wildman–Crippen MR) is 74.3 cm³/mol. The monoisotopic (exact) mass is 350 g/mol. The standard InChI is InChI=1S/C11H15BrN2O4S/c1-11(2,3)18-10(17)14-6(9(15)16)4-8-13-5-7(12)19-8/h5-6H,4H2,1-3H3,(H,14,17)(H,15,16). The minimum Gasteiger partial charge on any atom is -0.480 e. The van der Waals surface area contributed by atoms with Gasteiger partial charge in [0.15, 0.2) is 0 Å². The van der Waals surface area contributed by atoms with E-state index in [2.05, 4.69) is 26.2 Å². The molecule has 0 saturated carbocycles. The summed E-state index contributed by atoms with van der Waals surface area (Å²) in [5.74, 6) is -1.13. The number of nitrogens with zero attached hydrogens (tertiary/aromatic N) is 1. The molecule has 1 rings (SSSR count). The molecule has 1 heterocycles. The van der Waals surface area contributed by atoms with Crippen molar-refractivity contribution in [1.82, 2.24) is 10.3 Å². The molecule has 19 heavy (non-hydrogen) atoms. The maximum absolute atomic E-state index is 11.5. The number of carbonyl (C=O) groups is 2. The summed E-state index contributed by atoms with van der Waals surface area (Å²) in [6.45, 7) is 5.13. The lowest BCUT2D eigenvalue weighted by Crippen LogP contribution is -2.44. The number of carboxylic acids is 1. The summed E-state index contributed by atoms with van der Waals surface area (Å²) in [6, 6.07) is -1.06. The van der Waals surface area contributed by atoms with Crippen LogP contribution in [0.15, 0.2) is 9.98 Å². The summed E-state index contributed by atoms with van der Waals surface area (Å²) in [4.78, 5) is 26.7. The van der Waals surface area contributed by atoms with Crippen molar-refractivity contribution >= 4 is 39.3 Å². The summed E-state index contributed by atoms with van der Waals surface area (Å²) in [6.07, 6.45) is 0.951. The van der Waals surface area contributed by atoms with Crippen LogP contribution in [0.5, 0.6) is 0 Å². The second-order valence-corrected chi connectivity index (χ2v) is 7.29. The van der Waals surface area contributed by atoms with Gasteiger partial charge in [-0.2, -0.15) is 0 Å². The molecule has 1 aromatic rings. The Hall–Kier alpha value is -1.15. The number of hydrogen-bond donors (Lipinski definition) is 2. The smallest absolute Gasteiger partial charge is 0.408 e. The van der Waals surface area contributed by atoms with Crippen LogP contribution in [0.1, 0.15) is 25.8 Å². The van der Waals surface area contributed by atoms with E-state index >= 15 is 0 Å². The Morgan fingerprint density at radius 2 is 2.21 bits per heavy atom. The number of thiazole rings is 1. The van der Waals surface area contributed by atoms with Gasteiger partial charge >= 0.3 is 12.1 Å². The topological polar surface area (TPSA) is 88.5 Å². The fourth-order valence-electron chi connectivity index (χ4n) is 1.21. The van der Waals surface area contributed by atoms with Crippen LogP contribution in [0.25, 0.3) is 0 Å². The van der Waals surface area contributed by atoms with Gasteiger partial charge in [0.25, 0.3) is 0 Å². The number of amides is 1. The molecular weight excluding hydrogens is 336 g/mol. The third-order valence-electron chi connectivity index (χ3n) is 1.89. The first-order valence-electron chi connectivity index (χ1n) is 5.50. The van der Waals surface area contributed by atoms with E-state index in [0.29, 0.717) is 5.01 Å². The van der Waals surface area contributed by atoms with Gasteiger partial charge < -0.3 is 15.2 Å². The normalized spacial score (nSPS) is 12.8. The molecule has 0 aliphatic carbocycles. The molecule has 0 fully saturated rings. The first kappa shape index (κ1) is 15.9. The minimum absolute atomic E-state index is 0.116. The molecule has 2 N–H and O–H groups in total. The molecule has 0 aliphatic rings. The summed E-state index contributed by atoms with van der Waals surface area (Å²) in [5, 5.41) is 12.0. The highest BCUT2D eigenvalue weighted by Crippen LogP contribution is 2.20. The van der Waals surface area contributed by atoms with E-state index in [1.807, 2.05) is 0 Å². The van der Waals surface area contributed by atoms with Gasteiger partial charge in [0, 0.05) is 6.42 Å². The largest absolute Gasteiger partial charge is 0.480 e. The highest BCUT2D eigenvalue weighted by Gasteiger charge is 2.25. The maximum atomic E-state index is 11.5. The van der Waals surface area contributed by atoms with Crippen molar-refractivity contribution in [2.75, 3.05) is 0 Å². The minimum atomic E-state index is -1.13. The number of rotatable bonds is 4. The highest BCUT2D eigenvalue weighted by atomic mass is 79.9. The molecule has 1 amide bonds. The highest BCUT2D eigenvalue weighted by molar-refractivity contribution is 9.11. The molecule has 0 radical (unpaired) electrons. The van der Waals surface area contributed by atoms with Gasteiger partial charge in [-0.05, 0) is 36.7 Å². The molecule has 0 saturated heterocycles. The first-order chi connectivity index (χ1) is 8.67. The van der Waals surface area contributed by atoms with Gasteiger partial charge in [0.1, 0.15) is 11.6 Å². The number of carboxylic acid groups (broad SMARTS) is 1. The van der Waals surface area contributed by atoms with E-state index in [1.54, 1.807) is 27.0 Å². The fraction of sp³-hybridized carbons (Fsp3) is 0.545. The molecular formula is C11H15BrN2O4S. The van der Waals surface area contributed by atoms with Crippen molar-refractivity contribution in [3.05, 3.63) is 15.0 Å². The van der Waals surface area contributed by atoms with Crippen LogP contribution in [0.3, 0.4) is 0 Å². The van der Waals surface area contributed by atoms with Crippen molar-refractivity contribution in [3.8, 4) is 0 Å². The Morgan fingerprint density at radius 3 is 2.63 bits per heavy atom. The second-order valence-electron chi connectivity index (χ2n) is 4.80. The Bertz CT molecular complexity index is 470. The van der Waals surface area contributed by atoms with Gasteiger partial charge in [-0.15, -0.1) is 11.3 Å². The average Bonchev–Trinajstić information content (AvgIpc) is 2.60. The van der Waals surface area contributed by atoms with E-state index in [4.69, 9.17) is 9.84 Å². The zero-order valence-corrected chi connectivity index (χ0v) is 13.2. The number of halogens is 1. The molecule has 106 valence electrons. The lowest BCUT2D eigenvalue weighted by Gasteiger charge is -2.21. The van der Waals surface area contributed by atoms with Crippen LogP contribution < -0.4 is 5.32 Å². The third kappa shape index (κ3) is 6.02. The van der Waals surface area contributed by atoms with Crippen LogP contribution in [0, 0.1) is 0 Å². The number of aromatic nitrogens is 1. The fourth-order valence-corrected chi connectivity index (χ4v) is 2.56. The van der Waals surface area contributed by atoms with Gasteiger partial charge in [-0.1, -0.05) is 0 Å². The van der Waals surface area contributed by atoms with Gasteiger partial charge in [-0.25, -0.2) is 14.6 Å². The van der Waals surface area contributed by atoms with E-state index in [1.165, 1.54) is 11.3 Å². The van der Waals surface area contributed by atoms with Gasteiger partial charge in [-0.3, -0.25) is 0 Å². The third-order valence-corrected chi connectivity index (χ3v) is 3.39. The molecule has 0 bridgehead atoms. The number of carbonyl (C=O) groups excluding carboxylic acids is 1. The lowest BCUT2D eigenvalue weighted by atomic mass is 10.2. The zero-order chi connectivity index (χ0) is 14.6. The van der Waals surface area contributed by atoms with Crippen molar-refractivity contribution in [3.63, 3.8) is 0 Å². The van der Waals surface area contributed by atoms with Crippen LogP contribution >= 0.6 is 27.3 Å². The average molecular weight is 351 g/mol. The molecule has 1 aromatic heterocycles. The summed E-state index contributed by atoms with van der Waals surface area (Å²) in [7, 11) is 0. The number of alkyl carbamates (subject to hydrolysis) is 1. The summed E-state index contributed by atoms with van der Waals surface area (Å²) < 4.78 is 5.83. The SMILES string of the molecule is CC(C)(C)OC(=O)NC(Cc1ncc(Br)s1)C(=O)O. The zero-order valence-electron chi connectivity index (χ0n) is 10.8. The number of ether oxygens (including phenoxy) is 1. The van der Waals surface area contributed by atoms with Crippen LogP contribution in [0.2, 0.25) is 0 Å². The molecule has 0 aliphatic heterocycles. The predicted octanol–water partition coefficient (Wildman–Crippen LogP) is 2.43. The van der Waals surface area contributed by atoms with Crippen molar-refractivity contribution in [2.24, 2.45) is 0 Å². The Labute approximate surface area is 123 Å². The first-order valence-corrected chi connectivity index (χ1v) is 7.11. The lowest BCUT2D eigenvalue weighted by molar-refractivity contribution is -0.139. The van der Waals surface area contributed by atoms with Crippen molar-refractivity contribution in [1.29, 1.82) is 0 Å². The Morgan fingerprint density at radius 1 is 1.58 bits per heavy atom. The molecule has 1 atom stereocenters. The van der Waals surface area contributed by atoms with Crippen molar-refractivity contribution in [2.45, 2.75) is 38.8 Å². The van der Waals surface area contributed by atoms with Crippen LogP contribution in [-0.4, -0.2) is 33.8 Å². The quantitative estimate of drug-likeness (QED) is 0.870. The van der Waals surface area contributed by atoms with Crippen LogP contribution in [0.4, 0.5) is 4.79 Å². The molecule has 8 heteroatoms. The van der Waals surface area contributed by atoms with E-state index < -0.39 is 23.7 Å². The molecule has 1 unspecified atom stereocenters. The second kappa shape index (κ2) is 6.33. The Balaban J connectivity index is 2.63. The van der Waals surface area contributed by atoms with Crippen LogP contribution in [-0.2, 0) is 16.0 Å². The van der Waals surface area contributed by atoms with E-state index in [9.17, 15) is 9.59 Å². The maximum Gasteiger partial charge on any atom is 0.408 e. The Kier molecular flexibility index (Phi) is 5.30. The van der Waals surface area contributed by atoms with Gasteiger partial charge in [0.05, 0.1) is 15.0 Å². The summed E-state index contributed by atoms with van der Waals surface area (Å²) >= 11 is 4.57. The van der Waals surface area contributed by atoms with Gasteiger partial charge in [0.2, 0.25) is 0 Å². The number of nitrogens with one attached hydrogen (secondary N) is 1. The van der Waals surface area contributed by atoms with E-state index in [-0.39, 0.29) is 6.42 Å². The summed E-state index contributed by atoms with van der Waals surface area (Å²) in [5.41, 5.74) is -0.669. The molecule has 0 spiro atoms. The number of aliphatic carboxylic acids is 1. The molecule has 6 nitrogen and oxygen atoms in total. The molecule has 0 aromatic carbocycles.